The number of benzene rings is 1. The number of carbonyl (C=O) groups is 1. The number of nitrogens with two attached hydrogens (primary N) is 1. The van der Waals surface area contributed by atoms with Crippen molar-refractivity contribution in [2.75, 3.05) is 23.8 Å². The molecule has 0 radical (unpaired) electrons. The van der Waals surface area contributed by atoms with Crippen LogP contribution in [0.2, 0.25) is 0 Å². The highest BCUT2D eigenvalue weighted by atomic mass is 32.2. The van der Waals surface area contributed by atoms with Crippen LogP contribution in [0, 0.1) is 6.92 Å². The lowest BCUT2D eigenvalue weighted by Crippen LogP contribution is -2.13. The molecule has 1 aromatic rings. The van der Waals surface area contributed by atoms with E-state index in [-0.39, 0.29) is 18.1 Å². The summed E-state index contributed by atoms with van der Waals surface area (Å²) in [6, 6.07) is 4.89. The molecule has 0 unspecified atom stereocenters. The van der Waals surface area contributed by atoms with Gasteiger partial charge in [-0.1, -0.05) is 6.92 Å². The van der Waals surface area contributed by atoms with E-state index in [1.807, 2.05) is 0 Å². The maximum atomic E-state index is 11.7. The average molecular weight is 285 g/mol. The Morgan fingerprint density at radius 2 is 2.05 bits per heavy atom. The third-order valence-corrected chi connectivity index (χ3v) is 4.57. The topological polar surface area (TPSA) is 86.5 Å². The van der Waals surface area contributed by atoms with Gasteiger partial charge in [0.15, 0.2) is 0 Å². The Bertz CT molecular complexity index is 552. The van der Waals surface area contributed by atoms with Crippen LogP contribution in [0.5, 0.6) is 0 Å². The Hall–Kier alpha value is -1.56. The van der Waals surface area contributed by atoms with Gasteiger partial charge in [-0.3, -0.25) is 0 Å². The summed E-state index contributed by atoms with van der Waals surface area (Å²) in [7, 11) is -3.00. The molecule has 6 heteroatoms. The lowest BCUT2D eigenvalue weighted by molar-refractivity contribution is 0.0505. The summed E-state index contributed by atoms with van der Waals surface area (Å²) in [4.78, 5) is 11.7. The number of rotatable bonds is 6. The highest BCUT2D eigenvalue weighted by Gasteiger charge is 2.10. The van der Waals surface area contributed by atoms with E-state index in [1.54, 1.807) is 32.0 Å². The zero-order chi connectivity index (χ0) is 14.5. The summed E-state index contributed by atoms with van der Waals surface area (Å²) in [5.41, 5.74) is 7.50. The Morgan fingerprint density at radius 3 is 2.63 bits per heavy atom. The molecule has 5 nitrogen and oxygen atoms in total. The Kier molecular flexibility index (Phi) is 5.35. The second-order valence-corrected chi connectivity index (χ2v) is 6.77. The van der Waals surface area contributed by atoms with Gasteiger partial charge in [0.25, 0.3) is 0 Å². The molecule has 0 saturated heterocycles. The molecule has 0 spiro atoms. The van der Waals surface area contributed by atoms with Crippen molar-refractivity contribution in [1.29, 1.82) is 0 Å². The SMILES string of the molecule is CCS(=O)(=O)CCCOC(=O)c1ccc(N)c(C)c1. The van der Waals surface area contributed by atoms with Crippen LogP contribution in [0.1, 0.15) is 29.3 Å². The summed E-state index contributed by atoms with van der Waals surface area (Å²) < 4.78 is 27.5. The van der Waals surface area contributed by atoms with Crippen LogP contribution in [0.4, 0.5) is 5.69 Å². The van der Waals surface area contributed by atoms with Crippen molar-refractivity contribution in [3.63, 3.8) is 0 Å². The minimum atomic E-state index is -3.00. The number of nitrogen functional groups attached to an aromatic ring is 1. The molecule has 0 fully saturated rings. The maximum absolute atomic E-state index is 11.7. The minimum absolute atomic E-state index is 0.0392. The smallest absolute Gasteiger partial charge is 0.338 e. The number of carbonyl (C=O) groups excluding carboxylic acids is 1. The molecule has 1 rings (SSSR count). The van der Waals surface area contributed by atoms with Crippen LogP contribution in [0.25, 0.3) is 0 Å². The van der Waals surface area contributed by atoms with E-state index in [0.29, 0.717) is 17.7 Å². The van der Waals surface area contributed by atoms with Crippen LogP contribution in [-0.4, -0.2) is 32.5 Å². The Morgan fingerprint density at radius 1 is 1.37 bits per heavy atom. The molecular weight excluding hydrogens is 266 g/mol. The lowest BCUT2D eigenvalue weighted by Gasteiger charge is -2.06. The van der Waals surface area contributed by atoms with E-state index in [1.165, 1.54) is 0 Å². The molecule has 106 valence electrons. The maximum Gasteiger partial charge on any atom is 0.338 e. The fraction of sp³-hybridized carbons (Fsp3) is 0.462. The third kappa shape index (κ3) is 4.90. The van der Waals surface area contributed by atoms with Gasteiger partial charge in [-0.05, 0) is 37.1 Å². The van der Waals surface area contributed by atoms with Gasteiger partial charge >= 0.3 is 5.97 Å². The van der Waals surface area contributed by atoms with Crippen LogP contribution in [0.15, 0.2) is 18.2 Å². The van der Waals surface area contributed by atoms with E-state index in [2.05, 4.69) is 0 Å². The standard InChI is InChI=1S/C13H19NO4S/c1-3-19(16,17)8-4-7-18-13(15)11-5-6-12(14)10(2)9-11/h5-6,9H,3-4,7-8,14H2,1-2H3. The summed E-state index contributed by atoms with van der Waals surface area (Å²) in [5.74, 6) is -0.313. The van der Waals surface area contributed by atoms with Crippen molar-refractivity contribution in [2.24, 2.45) is 0 Å². The van der Waals surface area contributed by atoms with Crippen LogP contribution in [0.3, 0.4) is 0 Å². The van der Waals surface area contributed by atoms with Gasteiger partial charge < -0.3 is 10.5 Å². The van der Waals surface area contributed by atoms with Crippen molar-refractivity contribution < 1.29 is 17.9 Å². The van der Waals surface area contributed by atoms with Gasteiger partial charge in [0.05, 0.1) is 17.9 Å². The van der Waals surface area contributed by atoms with E-state index >= 15 is 0 Å². The molecule has 1 aromatic carbocycles. The number of hydrogen-bond acceptors (Lipinski definition) is 5. The molecule has 0 aliphatic heterocycles. The van der Waals surface area contributed by atoms with Crippen LogP contribution >= 0.6 is 0 Å². The summed E-state index contributed by atoms with van der Waals surface area (Å²) in [5, 5.41) is 0. The highest BCUT2D eigenvalue weighted by molar-refractivity contribution is 7.91. The molecule has 0 atom stereocenters. The second-order valence-electron chi connectivity index (χ2n) is 4.30. The van der Waals surface area contributed by atoms with Crippen molar-refractivity contribution in [2.45, 2.75) is 20.3 Å². The van der Waals surface area contributed by atoms with Gasteiger partial charge in [-0.2, -0.15) is 0 Å². The van der Waals surface area contributed by atoms with E-state index in [9.17, 15) is 13.2 Å². The van der Waals surface area contributed by atoms with Crippen molar-refractivity contribution in [3.8, 4) is 0 Å². The average Bonchev–Trinajstić information content (AvgIpc) is 2.37. The van der Waals surface area contributed by atoms with Crippen LogP contribution in [-0.2, 0) is 14.6 Å². The molecule has 0 aliphatic carbocycles. The van der Waals surface area contributed by atoms with E-state index < -0.39 is 15.8 Å². The first-order valence-corrected chi connectivity index (χ1v) is 7.91. The Labute approximate surface area is 113 Å². The number of sulfone groups is 1. The summed E-state index contributed by atoms with van der Waals surface area (Å²) in [6.45, 7) is 3.50. The quantitative estimate of drug-likeness (QED) is 0.487. The molecular formula is C13H19NO4S. The number of ether oxygens (including phenoxy) is 1. The van der Waals surface area contributed by atoms with Crippen molar-refractivity contribution in [3.05, 3.63) is 29.3 Å². The predicted octanol–water partition coefficient (Wildman–Crippen LogP) is 1.56. The molecule has 2 N–H and O–H groups in total. The van der Waals surface area contributed by atoms with Gasteiger partial charge in [0, 0.05) is 11.4 Å². The predicted molar refractivity (Wildman–Crippen MR) is 74.8 cm³/mol. The zero-order valence-electron chi connectivity index (χ0n) is 11.2. The number of esters is 1. The lowest BCUT2D eigenvalue weighted by atomic mass is 10.1. The minimum Gasteiger partial charge on any atom is -0.462 e. The van der Waals surface area contributed by atoms with Gasteiger partial charge in [-0.15, -0.1) is 0 Å². The van der Waals surface area contributed by atoms with E-state index in [0.717, 1.165) is 5.56 Å². The first-order valence-electron chi connectivity index (χ1n) is 6.09. The van der Waals surface area contributed by atoms with Crippen molar-refractivity contribution in [1.82, 2.24) is 0 Å². The third-order valence-electron chi connectivity index (χ3n) is 2.78. The summed E-state index contributed by atoms with van der Waals surface area (Å²) >= 11 is 0. The second kappa shape index (κ2) is 6.56. The van der Waals surface area contributed by atoms with Gasteiger partial charge in [0.2, 0.25) is 0 Å². The fourth-order valence-electron chi connectivity index (χ4n) is 1.47. The first kappa shape index (κ1) is 15.5. The number of hydrogen-bond donors (Lipinski definition) is 1. The van der Waals surface area contributed by atoms with Crippen molar-refractivity contribution >= 4 is 21.5 Å². The number of anilines is 1. The molecule has 0 amide bonds. The fourth-order valence-corrected chi connectivity index (χ4v) is 2.32. The molecule has 0 aliphatic rings. The normalized spacial score (nSPS) is 11.3. The first-order chi connectivity index (χ1) is 8.85. The highest BCUT2D eigenvalue weighted by Crippen LogP contribution is 2.13. The Balaban J connectivity index is 2.46. The van der Waals surface area contributed by atoms with Gasteiger partial charge in [0.1, 0.15) is 9.84 Å². The molecule has 0 aromatic heterocycles. The monoisotopic (exact) mass is 285 g/mol. The van der Waals surface area contributed by atoms with E-state index in [4.69, 9.17) is 10.5 Å². The van der Waals surface area contributed by atoms with Crippen LogP contribution < -0.4 is 5.73 Å². The zero-order valence-corrected chi connectivity index (χ0v) is 12.0. The molecule has 0 heterocycles. The molecule has 0 bridgehead atoms. The summed E-state index contributed by atoms with van der Waals surface area (Å²) in [6.07, 6.45) is 0.315. The molecule has 0 saturated carbocycles. The number of aryl methyl sites for hydroxylation is 1. The largest absolute Gasteiger partial charge is 0.462 e. The molecule has 19 heavy (non-hydrogen) atoms. The van der Waals surface area contributed by atoms with Gasteiger partial charge in [-0.25, -0.2) is 13.2 Å².